The van der Waals surface area contributed by atoms with E-state index in [1.807, 2.05) is 37.3 Å². The zero-order chi connectivity index (χ0) is 24.6. The Balaban J connectivity index is 1.86. The molecule has 1 aromatic carbocycles. The highest BCUT2D eigenvalue weighted by Crippen LogP contribution is 2.35. The minimum Gasteiger partial charge on any atom is -0.465 e. The van der Waals surface area contributed by atoms with Gasteiger partial charge in [0.05, 0.1) is 17.7 Å². The van der Waals surface area contributed by atoms with Gasteiger partial charge in [-0.2, -0.15) is 0 Å². The molecule has 2 aromatic rings. The van der Waals surface area contributed by atoms with Crippen molar-refractivity contribution in [2.24, 2.45) is 17.3 Å². The van der Waals surface area contributed by atoms with Crippen molar-refractivity contribution in [2.75, 3.05) is 6.61 Å². The number of aromatic nitrogens is 2. The van der Waals surface area contributed by atoms with Crippen LogP contribution in [0.25, 0.3) is 5.69 Å². The topological polar surface area (TPSA) is 70.3 Å². The summed E-state index contributed by atoms with van der Waals surface area (Å²) in [5, 5.41) is 0. The summed E-state index contributed by atoms with van der Waals surface area (Å²) in [5.74, 6) is 0.542. The molecule has 0 amide bonds. The zero-order valence-electron chi connectivity index (χ0n) is 21.1. The largest absolute Gasteiger partial charge is 0.465 e. The van der Waals surface area contributed by atoms with E-state index in [0.29, 0.717) is 24.6 Å². The molecule has 33 heavy (non-hydrogen) atoms. The van der Waals surface area contributed by atoms with Crippen molar-refractivity contribution in [3.05, 3.63) is 62.9 Å². The summed E-state index contributed by atoms with van der Waals surface area (Å²) in [6.07, 6.45) is 5.65. The quantitative estimate of drug-likeness (QED) is 0.328. The third-order valence-corrected chi connectivity index (χ3v) is 6.46. The summed E-state index contributed by atoms with van der Waals surface area (Å²) >= 11 is 0. The summed E-state index contributed by atoms with van der Waals surface area (Å²) in [7, 11) is 0. The molecule has 0 bridgehead atoms. The summed E-state index contributed by atoms with van der Waals surface area (Å²) in [6.45, 7) is 12.9. The number of aryl methyl sites for hydroxylation is 1. The molecular formula is C27H40N2O4. The van der Waals surface area contributed by atoms with E-state index < -0.39 is 5.41 Å². The van der Waals surface area contributed by atoms with Crippen LogP contribution >= 0.6 is 0 Å². The molecule has 0 aliphatic rings. The number of esters is 1. The van der Waals surface area contributed by atoms with Crippen molar-refractivity contribution in [1.82, 2.24) is 9.13 Å². The highest BCUT2D eigenvalue weighted by molar-refractivity contribution is 5.76. The molecule has 1 aromatic heterocycles. The molecular weight excluding hydrogens is 416 g/mol. The van der Waals surface area contributed by atoms with Gasteiger partial charge in [0.1, 0.15) is 0 Å². The number of hydrogen-bond donors (Lipinski definition) is 0. The van der Waals surface area contributed by atoms with Gasteiger partial charge >= 0.3 is 11.7 Å². The highest BCUT2D eigenvalue weighted by atomic mass is 16.5. The van der Waals surface area contributed by atoms with Gasteiger partial charge in [-0.1, -0.05) is 52.3 Å². The Morgan fingerprint density at radius 3 is 2.24 bits per heavy atom. The van der Waals surface area contributed by atoms with Crippen LogP contribution in [0.4, 0.5) is 0 Å². The van der Waals surface area contributed by atoms with E-state index in [2.05, 4.69) is 27.7 Å². The second kappa shape index (κ2) is 12.0. The predicted molar refractivity (Wildman–Crippen MR) is 133 cm³/mol. The van der Waals surface area contributed by atoms with Crippen LogP contribution in [0.1, 0.15) is 72.3 Å². The number of benzene rings is 1. The number of hydrogen-bond acceptors (Lipinski definition) is 4. The second-order valence-corrected chi connectivity index (χ2v) is 9.98. The van der Waals surface area contributed by atoms with Crippen LogP contribution in [-0.2, 0) is 16.1 Å². The lowest BCUT2D eigenvalue weighted by atomic mass is 9.73. The Morgan fingerprint density at radius 1 is 1.00 bits per heavy atom. The second-order valence-electron chi connectivity index (χ2n) is 9.98. The molecule has 1 unspecified atom stereocenters. The SMILES string of the molecule is Cc1cn(-c2ccccc2)c(=O)n(CCCCCCOC(=O)C(C)(CC(C)C)C(C)C)c1=O. The molecule has 0 N–H and O–H groups in total. The minimum absolute atomic E-state index is 0.112. The lowest BCUT2D eigenvalue weighted by Crippen LogP contribution is -2.40. The first kappa shape index (κ1) is 26.6. The molecule has 2 rings (SSSR count). The Bertz CT molecular complexity index is 1020. The lowest BCUT2D eigenvalue weighted by Gasteiger charge is -2.32. The summed E-state index contributed by atoms with van der Waals surface area (Å²) in [5.41, 5.74) is 0.272. The molecule has 0 fully saturated rings. The van der Waals surface area contributed by atoms with Crippen molar-refractivity contribution < 1.29 is 9.53 Å². The minimum atomic E-state index is -0.459. The molecule has 0 saturated carbocycles. The van der Waals surface area contributed by atoms with Gasteiger partial charge in [0.25, 0.3) is 5.56 Å². The van der Waals surface area contributed by atoms with Gasteiger partial charge in [-0.25, -0.2) is 4.79 Å². The fraction of sp³-hybridized carbons (Fsp3) is 0.593. The van der Waals surface area contributed by atoms with Gasteiger partial charge in [-0.3, -0.25) is 18.7 Å². The first-order valence-corrected chi connectivity index (χ1v) is 12.1. The Kier molecular flexibility index (Phi) is 9.69. The molecule has 0 radical (unpaired) electrons. The molecule has 0 aliphatic heterocycles. The lowest BCUT2D eigenvalue weighted by molar-refractivity contribution is -0.159. The fourth-order valence-electron chi connectivity index (χ4n) is 4.16. The van der Waals surface area contributed by atoms with Crippen LogP contribution in [0.5, 0.6) is 0 Å². The van der Waals surface area contributed by atoms with Gasteiger partial charge in [0.2, 0.25) is 0 Å². The molecule has 0 aliphatic carbocycles. The standard InChI is InChI=1S/C27H40N2O4/c1-20(2)18-27(6,21(3)4)25(31)33-17-13-8-7-12-16-28-24(30)22(5)19-29(26(28)32)23-14-10-9-11-15-23/h9-11,14-15,19-21H,7-8,12-13,16-18H2,1-6H3. The molecule has 0 saturated heterocycles. The molecule has 6 nitrogen and oxygen atoms in total. The van der Waals surface area contributed by atoms with Crippen LogP contribution in [0.2, 0.25) is 0 Å². The van der Waals surface area contributed by atoms with E-state index in [1.54, 1.807) is 13.1 Å². The summed E-state index contributed by atoms with van der Waals surface area (Å²) in [6, 6.07) is 9.32. The maximum atomic E-state index is 12.9. The van der Waals surface area contributed by atoms with Gasteiger partial charge in [-0.15, -0.1) is 0 Å². The normalized spacial score (nSPS) is 13.3. The maximum Gasteiger partial charge on any atom is 0.335 e. The Morgan fingerprint density at radius 2 is 1.64 bits per heavy atom. The number of carbonyl (C=O) groups is 1. The summed E-state index contributed by atoms with van der Waals surface area (Å²) < 4.78 is 8.45. The zero-order valence-corrected chi connectivity index (χ0v) is 21.1. The number of carbonyl (C=O) groups excluding carboxylic acids is 1. The summed E-state index contributed by atoms with van der Waals surface area (Å²) in [4.78, 5) is 38.1. The Labute approximate surface area is 197 Å². The number of ether oxygens (including phenoxy) is 1. The highest BCUT2D eigenvalue weighted by Gasteiger charge is 2.38. The van der Waals surface area contributed by atoms with Gasteiger partial charge < -0.3 is 4.74 Å². The van der Waals surface area contributed by atoms with Crippen molar-refractivity contribution in [3.8, 4) is 5.69 Å². The molecule has 1 atom stereocenters. The number of para-hydroxylation sites is 1. The van der Waals surface area contributed by atoms with Crippen molar-refractivity contribution >= 4 is 5.97 Å². The van der Waals surface area contributed by atoms with E-state index in [9.17, 15) is 14.4 Å². The van der Waals surface area contributed by atoms with Crippen molar-refractivity contribution in [1.29, 1.82) is 0 Å². The molecule has 182 valence electrons. The molecule has 0 spiro atoms. The fourth-order valence-corrected chi connectivity index (χ4v) is 4.16. The van der Waals surface area contributed by atoms with Gasteiger partial charge in [0, 0.05) is 18.3 Å². The van der Waals surface area contributed by atoms with E-state index in [0.717, 1.165) is 37.8 Å². The van der Waals surface area contributed by atoms with Gasteiger partial charge in [-0.05, 0) is 63.5 Å². The van der Waals surface area contributed by atoms with Gasteiger partial charge in [0.15, 0.2) is 0 Å². The van der Waals surface area contributed by atoms with Crippen LogP contribution < -0.4 is 11.2 Å². The number of rotatable bonds is 12. The van der Waals surface area contributed by atoms with Crippen molar-refractivity contribution in [2.45, 2.75) is 80.2 Å². The number of unbranched alkanes of at least 4 members (excludes halogenated alkanes) is 3. The molecule has 1 heterocycles. The van der Waals surface area contributed by atoms with E-state index in [-0.39, 0.29) is 23.1 Å². The van der Waals surface area contributed by atoms with Crippen LogP contribution in [0, 0.1) is 24.2 Å². The third-order valence-electron chi connectivity index (χ3n) is 6.46. The van der Waals surface area contributed by atoms with E-state index in [4.69, 9.17) is 4.74 Å². The molecule has 6 heteroatoms. The van der Waals surface area contributed by atoms with E-state index in [1.165, 1.54) is 9.13 Å². The smallest absolute Gasteiger partial charge is 0.335 e. The first-order chi connectivity index (χ1) is 15.6. The maximum absolute atomic E-state index is 12.9. The van der Waals surface area contributed by atoms with Crippen LogP contribution in [-0.4, -0.2) is 21.7 Å². The Hall–Kier alpha value is -2.63. The van der Waals surface area contributed by atoms with Crippen LogP contribution in [0.3, 0.4) is 0 Å². The average Bonchev–Trinajstić information content (AvgIpc) is 2.77. The predicted octanol–water partition coefficient (Wildman–Crippen LogP) is 5.12. The van der Waals surface area contributed by atoms with E-state index >= 15 is 0 Å². The number of nitrogens with zero attached hydrogens (tertiary/aromatic N) is 2. The average molecular weight is 457 g/mol. The van der Waals surface area contributed by atoms with Crippen molar-refractivity contribution in [3.63, 3.8) is 0 Å². The monoisotopic (exact) mass is 456 g/mol. The third kappa shape index (κ3) is 6.92. The van der Waals surface area contributed by atoms with Crippen LogP contribution in [0.15, 0.2) is 46.1 Å². The first-order valence-electron chi connectivity index (χ1n) is 12.1.